The largest absolute Gasteiger partial charge is 0.349 e. The Morgan fingerprint density at radius 3 is 2.35 bits per heavy atom. The highest BCUT2D eigenvalue weighted by Crippen LogP contribution is 2.15. The zero-order valence-corrected chi connectivity index (χ0v) is 13.1. The van der Waals surface area contributed by atoms with E-state index in [-0.39, 0.29) is 6.29 Å². The van der Waals surface area contributed by atoms with Crippen molar-refractivity contribution in [2.75, 3.05) is 13.2 Å². The van der Waals surface area contributed by atoms with Crippen molar-refractivity contribution < 1.29 is 9.47 Å². The van der Waals surface area contributed by atoms with Crippen molar-refractivity contribution in [3.63, 3.8) is 0 Å². The maximum Gasteiger partial charge on any atom is 0.177 e. The van der Waals surface area contributed by atoms with Crippen LogP contribution < -0.4 is 0 Å². The average molecular weight is 276 g/mol. The fraction of sp³-hybridized carbons (Fsp3) is 0.556. The molecule has 2 nitrogen and oxygen atoms in total. The van der Waals surface area contributed by atoms with E-state index in [1.807, 2.05) is 19.9 Å². The summed E-state index contributed by atoms with van der Waals surface area (Å²) < 4.78 is 11.1. The van der Waals surface area contributed by atoms with Crippen LogP contribution in [0.3, 0.4) is 0 Å². The smallest absolute Gasteiger partial charge is 0.177 e. The topological polar surface area (TPSA) is 18.5 Å². The number of ether oxygens (including phenoxy) is 2. The van der Waals surface area contributed by atoms with E-state index in [9.17, 15) is 0 Å². The summed E-state index contributed by atoms with van der Waals surface area (Å²) in [7, 11) is 0. The molecule has 0 aromatic heterocycles. The lowest BCUT2D eigenvalue weighted by Crippen LogP contribution is -2.14. The third-order valence-electron chi connectivity index (χ3n) is 3.20. The van der Waals surface area contributed by atoms with Crippen LogP contribution in [0.15, 0.2) is 30.3 Å². The number of unbranched alkanes of at least 4 members (excludes halogenated alkanes) is 2. The molecule has 0 fully saturated rings. The fourth-order valence-electron chi connectivity index (χ4n) is 2.16. The molecule has 0 aliphatic rings. The summed E-state index contributed by atoms with van der Waals surface area (Å²) in [5.41, 5.74) is 2.68. The Morgan fingerprint density at radius 2 is 1.70 bits per heavy atom. The van der Waals surface area contributed by atoms with Gasteiger partial charge in [0.2, 0.25) is 0 Å². The highest BCUT2D eigenvalue weighted by atomic mass is 16.7. The van der Waals surface area contributed by atoms with Crippen LogP contribution in [0.2, 0.25) is 0 Å². The van der Waals surface area contributed by atoms with Crippen LogP contribution in [-0.2, 0) is 15.9 Å². The first-order chi connectivity index (χ1) is 9.81. The van der Waals surface area contributed by atoms with Gasteiger partial charge < -0.3 is 9.47 Å². The normalized spacial score (nSPS) is 11.6. The lowest BCUT2D eigenvalue weighted by molar-refractivity contribution is -0.103. The number of aryl methyl sites for hydroxylation is 1. The molecule has 0 spiro atoms. The van der Waals surface area contributed by atoms with E-state index in [2.05, 4.69) is 37.3 Å². The van der Waals surface area contributed by atoms with E-state index in [0.29, 0.717) is 13.2 Å². The van der Waals surface area contributed by atoms with Crippen LogP contribution in [0.25, 0.3) is 6.08 Å². The Morgan fingerprint density at radius 1 is 1.00 bits per heavy atom. The molecule has 0 radical (unpaired) electrons. The Hall–Kier alpha value is -1.12. The lowest BCUT2D eigenvalue weighted by Gasteiger charge is -2.13. The molecule has 20 heavy (non-hydrogen) atoms. The van der Waals surface area contributed by atoms with Gasteiger partial charge in [-0.2, -0.15) is 0 Å². The molecule has 2 heteroatoms. The third-order valence-corrected chi connectivity index (χ3v) is 3.20. The van der Waals surface area contributed by atoms with E-state index >= 15 is 0 Å². The molecule has 0 saturated carbocycles. The fourth-order valence-corrected chi connectivity index (χ4v) is 2.16. The summed E-state index contributed by atoms with van der Waals surface area (Å²) in [4.78, 5) is 0. The Bertz CT molecular complexity index is 379. The molecule has 1 aromatic carbocycles. The molecule has 1 aromatic rings. The van der Waals surface area contributed by atoms with Gasteiger partial charge in [-0.3, -0.25) is 0 Å². The molecule has 0 atom stereocenters. The van der Waals surface area contributed by atoms with Gasteiger partial charge in [0.25, 0.3) is 0 Å². The van der Waals surface area contributed by atoms with Crippen LogP contribution in [0.1, 0.15) is 51.2 Å². The number of rotatable bonds is 10. The van der Waals surface area contributed by atoms with Gasteiger partial charge in [0.15, 0.2) is 6.29 Å². The SMILES string of the molecule is CCCCCc1ccccc1/C=C/C(OCC)OCC. The molecule has 112 valence electrons. The highest BCUT2D eigenvalue weighted by Gasteiger charge is 2.03. The minimum absolute atomic E-state index is 0.242. The predicted octanol–water partition coefficient (Wildman–Crippen LogP) is 4.83. The molecule has 0 aliphatic carbocycles. The monoisotopic (exact) mass is 276 g/mol. The molecule has 0 bridgehead atoms. The van der Waals surface area contributed by atoms with Crippen LogP contribution in [0.4, 0.5) is 0 Å². The van der Waals surface area contributed by atoms with Crippen LogP contribution in [-0.4, -0.2) is 19.5 Å². The Labute approximate surface area is 123 Å². The second kappa shape index (κ2) is 10.6. The van der Waals surface area contributed by atoms with Crippen LogP contribution in [0.5, 0.6) is 0 Å². The second-order valence-corrected chi connectivity index (χ2v) is 4.79. The van der Waals surface area contributed by atoms with Crippen molar-refractivity contribution >= 4 is 6.08 Å². The van der Waals surface area contributed by atoms with Gasteiger partial charge in [0, 0.05) is 13.2 Å². The summed E-state index contributed by atoms with van der Waals surface area (Å²) in [6, 6.07) is 8.57. The summed E-state index contributed by atoms with van der Waals surface area (Å²) in [5.74, 6) is 0. The quantitative estimate of drug-likeness (QED) is 0.450. The summed E-state index contributed by atoms with van der Waals surface area (Å²) >= 11 is 0. The minimum Gasteiger partial charge on any atom is -0.349 e. The maximum absolute atomic E-state index is 5.53. The summed E-state index contributed by atoms with van der Waals surface area (Å²) in [6.45, 7) is 7.53. The first-order valence-electron chi connectivity index (χ1n) is 7.81. The zero-order valence-electron chi connectivity index (χ0n) is 13.1. The van der Waals surface area contributed by atoms with E-state index < -0.39 is 0 Å². The maximum atomic E-state index is 5.53. The number of hydrogen-bond donors (Lipinski definition) is 0. The minimum atomic E-state index is -0.242. The molecule has 0 heterocycles. The van der Waals surface area contributed by atoms with E-state index in [4.69, 9.17) is 9.47 Å². The summed E-state index contributed by atoms with van der Waals surface area (Å²) in [6.07, 6.45) is 8.83. The Kier molecular flexibility index (Phi) is 9.01. The molecule has 0 amide bonds. The first-order valence-corrected chi connectivity index (χ1v) is 7.81. The Balaban J connectivity index is 2.68. The van der Waals surface area contributed by atoms with Gasteiger partial charge in [0.05, 0.1) is 0 Å². The lowest BCUT2D eigenvalue weighted by atomic mass is 10.0. The van der Waals surface area contributed by atoms with Gasteiger partial charge in [-0.1, -0.05) is 50.1 Å². The first kappa shape index (κ1) is 16.9. The van der Waals surface area contributed by atoms with Crippen molar-refractivity contribution in [3.05, 3.63) is 41.5 Å². The van der Waals surface area contributed by atoms with E-state index in [0.717, 1.165) is 6.42 Å². The van der Waals surface area contributed by atoms with Crippen LogP contribution in [0, 0.1) is 0 Å². The van der Waals surface area contributed by atoms with Crippen LogP contribution >= 0.6 is 0 Å². The third kappa shape index (κ3) is 6.36. The van der Waals surface area contributed by atoms with Gasteiger partial charge >= 0.3 is 0 Å². The second-order valence-electron chi connectivity index (χ2n) is 4.79. The molecule has 0 saturated heterocycles. The molecular formula is C18H28O2. The average Bonchev–Trinajstić information content (AvgIpc) is 2.47. The molecule has 0 N–H and O–H groups in total. The van der Waals surface area contributed by atoms with Crippen molar-refractivity contribution in [2.45, 2.75) is 52.7 Å². The van der Waals surface area contributed by atoms with Crippen molar-refractivity contribution in [2.24, 2.45) is 0 Å². The van der Waals surface area contributed by atoms with Crippen molar-refractivity contribution in [1.29, 1.82) is 0 Å². The number of benzene rings is 1. The van der Waals surface area contributed by atoms with Gasteiger partial charge in [-0.15, -0.1) is 0 Å². The van der Waals surface area contributed by atoms with Gasteiger partial charge in [0.1, 0.15) is 0 Å². The summed E-state index contributed by atoms with van der Waals surface area (Å²) in [5, 5.41) is 0. The van der Waals surface area contributed by atoms with E-state index in [1.54, 1.807) is 0 Å². The van der Waals surface area contributed by atoms with E-state index in [1.165, 1.54) is 30.4 Å². The molecular weight excluding hydrogens is 248 g/mol. The van der Waals surface area contributed by atoms with Gasteiger partial charge in [-0.25, -0.2) is 0 Å². The van der Waals surface area contributed by atoms with Gasteiger partial charge in [-0.05, 0) is 43.9 Å². The zero-order chi connectivity index (χ0) is 14.6. The van der Waals surface area contributed by atoms with Crippen molar-refractivity contribution in [1.82, 2.24) is 0 Å². The molecule has 1 rings (SSSR count). The van der Waals surface area contributed by atoms with Crippen molar-refractivity contribution in [3.8, 4) is 0 Å². The standard InChI is InChI=1S/C18H28O2/c1-4-7-8-11-16-12-9-10-13-17(16)14-15-18(19-5-2)20-6-3/h9-10,12-15,18H,4-8,11H2,1-3H3/b15-14+. The highest BCUT2D eigenvalue weighted by molar-refractivity contribution is 5.54. The number of hydrogen-bond acceptors (Lipinski definition) is 2. The molecule has 0 unspecified atom stereocenters. The predicted molar refractivity (Wildman–Crippen MR) is 85.7 cm³/mol. The molecule has 0 aliphatic heterocycles.